The Kier molecular flexibility index (Phi) is 4.96. The van der Waals surface area contributed by atoms with Gasteiger partial charge in [-0.15, -0.1) is 0 Å². The van der Waals surface area contributed by atoms with Crippen molar-refractivity contribution < 1.29 is 9.84 Å². The maximum atomic E-state index is 10.6. The molecule has 2 fully saturated rings. The molecule has 0 bridgehead atoms. The minimum atomic E-state index is -0.401. The number of H-pyrrole nitrogens is 1. The number of likely N-dealkylation sites (tertiary alicyclic amines) is 1. The third kappa shape index (κ3) is 3.76. The van der Waals surface area contributed by atoms with Crippen LogP contribution in [0.1, 0.15) is 30.1 Å². The SMILES string of the molecule is Cc1ccc(O[C@@H]2C[C@@H]3CN(CCc4ncc[nH]4)C[C@@H]3C[C@H]2O)c(C)n1. The number of aromatic amines is 1. The molecule has 1 aliphatic heterocycles. The molecule has 0 aromatic carbocycles. The van der Waals surface area contributed by atoms with Gasteiger partial charge in [0.1, 0.15) is 17.7 Å². The minimum absolute atomic E-state index is 0.135. The van der Waals surface area contributed by atoms with Crippen LogP contribution in [0.4, 0.5) is 0 Å². The average molecular weight is 356 g/mol. The molecule has 6 nitrogen and oxygen atoms in total. The van der Waals surface area contributed by atoms with E-state index in [4.69, 9.17) is 4.74 Å². The molecule has 26 heavy (non-hydrogen) atoms. The van der Waals surface area contributed by atoms with Gasteiger partial charge < -0.3 is 19.7 Å². The molecule has 6 heteroatoms. The van der Waals surface area contributed by atoms with E-state index < -0.39 is 6.10 Å². The zero-order valence-electron chi connectivity index (χ0n) is 15.6. The van der Waals surface area contributed by atoms with Gasteiger partial charge in [-0.1, -0.05) is 0 Å². The summed E-state index contributed by atoms with van der Waals surface area (Å²) in [4.78, 5) is 14.4. The number of aliphatic hydroxyl groups excluding tert-OH is 1. The second-order valence-electron chi connectivity index (χ2n) is 7.80. The van der Waals surface area contributed by atoms with E-state index in [2.05, 4.69) is 19.9 Å². The Balaban J connectivity index is 1.35. The topological polar surface area (TPSA) is 74.3 Å². The van der Waals surface area contributed by atoms with Gasteiger partial charge in [0.2, 0.25) is 0 Å². The Morgan fingerprint density at radius 3 is 2.77 bits per heavy atom. The van der Waals surface area contributed by atoms with Gasteiger partial charge in [-0.05, 0) is 50.7 Å². The van der Waals surface area contributed by atoms with Gasteiger partial charge in [-0.3, -0.25) is 4.98 Å². The number of aromatic nitrogens is 3. The summed E-state index contributed by atoms with van der Waals surface area (Å²) in [6, 6.07) is 3.94. The van der Waals surface area contributed by atoms with Crippen molar-refractivity contribution in [1.29, 1.82) is 0 Å². The zero-order chi connectivity index (χ0) is 18.1. The quantitative estimate of drug-likeness (QED) is 0.858. The molecule has 2 aromatic rings. The number of fused-ring (bicyclic) bond motifs is 1. The second-order valence-corrected chi connectivity index (χ2v) is 7.80. The van der Waals surface area contributed by atoms with Gasteiger partial charge in [-0.2, -0.15) is 0 Å². The summed E-state index contributed by atoms with van der Waals surface area (Å²) in [5.74, 6) is 3.01. The Hall–Kier alpha value is -1.92. The molecular weight excluding hydrogens is 328 g/mol. The van der Waals surface area contributed by atoms with Gasteiger partial charge in [0.25, 0.3) is 0 Å². The van der Waals surface area contributed by atoms with Crippen LogP contribution in [0.25, 0.3) is 0 Å². The van der Waals surface area contributed by atoms with Gasteiger partial charge >= 0.3 is 0 Å². The Labute approximate surface area is 154 Å². The molecule has 0 amide bonds. The van der Waals surface area contributed by atoms with Crippen LogP contribution in [0.3, 0.4) is 0 Å². The van der Waals surface area contributed by atoms with Crippen LogP contribution in [0.15, 0.2) is 24.5 Å². The zero-order valence-corrected chi connectivity index (χ0v) is 15.6. The molecule has 3 heterocycles. The molecular formula is C20H28N4O2. The van der Waals surface area contributed by atoms with E-state index in [1.165, 1.54) is 0 Å². The van der Waals surface area contributed by atoms with E-state index in [1.807, 2.05) is 32.2 Å². The summed E-state index contributed by atoms with van der Waals surface area (Å²) in [5, 5.41) is 10.6. The number of nitrogens with one attached hydrogen (secondary N) is 1. The fourth-order valence-electron chi connectivity index (χ4n) is 4.46. The molecule has 1 saturated carbocycles. The summed E-state index contributed by atoms with van der Waals surface area (Å²) in [7, 11) is 0. The smallest absolute Gasteiger partial charge is 0.141 e. The van der Waals surface area contributed by atoms with Crippen molar-refractivity contribution in [2.45, 2.75) is 45.3 Å². The number of aryl methyl sites for hydroxylation is 2. The number of hydrogen-bond donors (Lipinski definition) is 2. The molecule has 1 saturated heterocycles. The molecule has 2 aromatic heterocycles. The normalized spacial score (nSPS) is 28.9. The lowest BCUT2D eigenvalue weighted by molar-refractivity contribution is -0.0236. The first-order chi connectivity index (χ1) is 12.6. The van der Waals surface area contributed by atoms with Crippen LogP contribution in [0, 0.1) is 25.7 Å². The van der Waals surface area contributed by atoms with E-state index >= 15 is 0 Å². The molecule has 4 rings (SSSR count). The van der Waals surface area contributed by atoms with Gasteiger partial charge in [-0.25, -0.2) is 4.98 Å². The van der Waals surface area contributed by atoms with Crippen LogP contribution in [0.5, 0.6) is 5.75 Å². The molecule has 0 radical (unpaired) electrons. The van der Waals surface area contributed by atoms with E-state index in [0.29, 0.717) is 11.8 Å². The fraction of sp³-hybridized carbons (Fsp3) is 0.600. The van der Waals surface area contributed by atoms with E-state index in [-0.39, 0.29) is 6.10 Å². The molecule has 140 valence electrons. The van der Waals surface area contributed by atoms with Crippen LogP contribution >= 0.6 is 0 Å². The lowest BCUT2D eigenvalue weighted by Crippen LogP contribution is -2.42. The third-order valence-electron chi connectivity index (χ3n) is 5.84. The number of ether oxygens (including phenoxy) is 1. The van der Waals surface area contributed by atoms with E-state index in [0.717, 1.165) is 61.9 Å². The van der Waals surface area contributed by atoms with Gasteiger partial charge in [0, 0.05) is 44.1 Å². The monoisotopic (exact) mass is 356 g/mol. The maximum absolute atomic E-state index is 10.6. The highest BCUT2D eigenvalue weighted by atomic mass is 16.5. The van der Waals surface area contributed by atoms with Crippen molar-refractivity contribution in [3.8, 4) is 5.75 Å². The number of hydrogen-bond acceptors (Lipinski definition) is 5. The van der Waals surface area contributed by atoms with Crippen molar-refractivity contribution in [1.82, 2.24) is 19.9 Å². The first-order valence-electron chi connectivity index (χ1n) is 9.58. The average Bonchev–Trinajstić information content (AvgIpc) is 3.24. The summed E-state index contributed by atoms with van der Waals surface area (Å²) in [6.07, 6.45) is 5.83. The van der Waals surface area contributed by atoms with Crippen molar-refractivity contribution in [2.24, 2.45) is 11.8 Å². The number of rotatable bonds is 5. The molecule has 0 spiro atoms. The predicted molar refractivity (Wildman–Crippen MR) is 99.1 cm³/mol. The lowest BCUT2D eigenvalue weighted by atomic mass is 9.78. The third-order valence-corrected chi connectivity index (χ3v) is 5.84. The van der Waals surface area contributed by atoms with Crippen LogP contribution in [0.2, 0.25) is 0 Å². The van der Waals surface area contributed by atoms with E-state index in [9.17, 15) is 5.11 Å². The molecule has 1 aliphatic carbocycles. The Bertz CT molecular complexity index is 733. The van der Waals surface area contributed by atoms with E-state index in [1.54, 1.807) is 6.20 Å². The summed E-state index contributed by atoms with van der Waals surface area (Å²) in [6.45, 7) is 7.12. The molecule has 2 aliphatic rings. The highest BCUT2D eigenvalue weighted by molar-refractivity contribution is 5.28. The van der Waals surface area contributed by atoms with Crippen LogP contribution in [-0.4, -0.2) is 56.8 Å². The predicted octanol–water partition coefficient (Wildman–Crippen LogP) is 2.11. The van der Waals surface area contributed by atoms with Crippen LogP contribution in [-0.2, 0) is 6.42 Å². The van der Waals surface area contributed by atoms with Gasteiger partial charge in [0.05, 0.1) is 11.8 Å². The summed E-state index contributed by atoms with van der Waals surface area (Å²) in [5.41, 5.74) is 1.88. The highest BCUT2D eigenvalue weighted by Gasteiger charge is 2.42. The number of aliphatic hydroxyl groups is 1. The van der Waals surface area contributed by atoms with Crippen LogP contribution < -0.4 is 4.74 Å². The summed E-state index contributed by atoms with van der Waals surface area (Å²) >= 11 is 0. The van der Waals surface area contributed by atoms with Gasteiger partial charge in [0.15, 0.2) is 0 Å². The molecule has 0 unspecified atom stereocenters. The molecule has 4 atom stereocenters. The first-order valence-corrected chi connectivity index (χ1v) is 9.58. The lowest BCUT2D eigenvalue weighted by Gasteiger charge is -2.35. The number of pyridine rings is 1. The number of nitrogens with zero attached hydrogens (tertiary/aromatic N) is 3. The maximum Gasteiger partial charge on any atom is 0.141 e. The Morgan fingerprint density at radius 2 is 2.04 bits per heavy atom. The van der Waals surface area contributed by atoms with Crippen molar-refractivity contribution in [3.05, 3.63) is 41.7 Å². The standard InChI is InChI=1S/C20H28N4O2/c1-13-3-4-18(14(2)23-13)26-19-10-16-12-24(11-15(16)9-17(19)25)8-5-20-21-6-7-22-20/h3-4,6-7,15-17,19,25H,5,8-12H2,1-2H3,(H,21,22)/t15-,16+,17+,19+/m0/s1. The largest absolute Gasteiger partial charge is 0.486 e. The summed E-state index contributed by atoms with van der Waals surface area (Å²) < 4.78 is 6.17. The van der Waals surface area contributed by atoms with Crippen molar-refractivity contribution in [2.75, 3.05) is 19.6 Å². The van der Waals surface area contributed by atoms with Crippen molar-refractivity contribution >= 4 is 0 Å². The Morgan fingerprint density at radius 1 is 1.23 bits per heavy atom. The molecule has 2 N–H and O–H groups in total. The minimum Gasteiger partial charge on any atom is -0.486 e. The number of imidazole rings is 1. The fourth-order valence-corrected chi connectivity index (χ4v) is 4.46. The van der Waals surface area contributed by atoms with Crippen molar-refractivity contribution in [3.63, 3.8) is 0 Å². The first kappa shape index (κ1) is 17.5. The second kappa shape index (κ2) is 7.37. The highest BCUT2D eigenvalue weighted by Crippen LogP contribution is 2.38.